The number of hydrogen-bond acceptors (Lipinski definition) is 4. The van der Waals surface area contributed by atoms with Crippen molar-refractivity contribution in [2.75, 3.05) is 0 Å². The summed E-state index contributed by atoms with van der Waals surface area (Å²) in [6, 6.07) is 1.24. The lowest BCUT2D eigenvalue weighted by molar-refractivity contribution is -0.389. The normalized spacial score (nSPS) is 10.3. The number of hydrogen-bond donors (Lipinski definition) is 1. The topological polar surface area (TPSA) is 88.9 Å². The summed E-state index contributed by atoms with van der Waals surface area (Å²) in [5.74, 6) is -0.194. The summed E-state index contributed by atoms with van der Waals surface area (Å²) in [6.07, 6.45) is 3.15. The van der Waals surface area contributed by atoms with Crippen LogP contribution in [-0.2, 0) is 4.79 Å². The fourth-order valence-electron chi connectivity index (χ4n) is 0.643. The van der Waals surface area contributed by atoms with Gasteiger partial charge in [-0.15, -0.1) is 5.10 Å². The third-order valence-electron chi connectivity index (χ3n) is 1.13. The van der Waals surface area contributed by atoms with E-state index in [0.717, 1.165) is 0 Å². The largest absolute Gasteiger partial charge is 0.358 e. The molecule has 1 aromatic heterocycles. The smallest absolute Gasteiger partial charge is 0.343 e. The fraction of sp³-hybridized carbons (Fsp3) is 0. The Kier molecular flexibility index (Phi) is 2.32. The van der Waals surface area contributed by atoms with Crippen LogP contribution in [0.2, 0.25) is 0 Å². The number of aromatic amines is 1. The number of carbonyl (C=O) groups is 1. The van der Waals surface area contributed by atoms with Crippen molar-refractivity contribution in [2.24, 2.45) is 0 Å². The van der Waals surface area contributed by atoms with Gasteiger partial charge in [0.15, 0.2) is 0 Å². The Morgan fingerprint density at radius 3 is 2.92 bits per heavy atom. The molecule has 6 nitrogen and oxygen atoms in total. The highest BCUT2D eigenvalue weighted by Crippen LogP contribution is 2.08. The van der Waals surface area contributed by atoms with E-state index in [0.29, 0.717) is 12.0 Å². The third kappa shape index (κ3) is 1.75. The standard InChI is InChI=1S/C6H5N3O3/c10-3-1-2-5-4-6(8-7-5)9(11)12/h1-4H,(H,7,8)/b2-1+. The van der Waals surface area contributed by atoms with Crippen molar-refractivity contribution in [3.8, 4) is 0 Å². The fourth-order valence-corrected chi connectivity index (χ4v) is 0.643. The molecule has 12 heavy (non-hydrogen) atoms. The summed E-state index contributed by atoms with van der Waals surface area (Å²) in [6.45, 7) is 0. The number of H-pyrrole nitrogens is 1. The molecule has 0 amide bonds. The van der Waals surface area contributed by atoms with Gasteiger partial charge in [-0.2, -0.15) is 0 Å². The SMILES string of the molecule is O=C/C=C/c1cc([N+](=O)[O-])[nH]n1. The van der Waals surface area contributed by atoms with Crippen LogP contribution in [0.3, 0.4) is 0 Å². The minimum absolute atomic E-state index is 0.194. The van der Waals surface area contributed by atoms with Gasteiger partial charge in [-0.25, -0.2) is 0 Å². The van der Waals surface area contributed by atoms with E-state index in [9.17, 15) is 14.9 Å². The number of nitrogens with zero attached hydrogens (tertiary/aromatic N) is 2. The maximum atomic E-state index is 10.1. The molecule has 0 unspecified atom stereocenters. The number of rotatable bonds is 3. The van der Waals surface area contributed by atoms with Crippen molar-refractivity contribution >= 4 is 18.2 Å². The molecule has 1 heterocycles. The van der Waals surface area contributed by atoms with Gasteiger partial charge >= 0.3 is 5.82 Å². The van der Waals surface area contributed by atoms with E-state index in [-0.39, 0.29) is 5.82 Å². The number of aldehydes is 1. The van der Waals surface area contributed by atoms with Gasteiger partial charge in [0, 0.05) is 0 Å². The summed E-state index contributed by atoms with van der Waals surface area (Å²) in [5.41, 5.74) is 0.355. The Balaban J connectivity index is 2.84. The maximum absolute atomic E-state index is 10.1. The van der Waals surface area contributed by atoms with Crippen LogP contribution in [0.15, 0.2) is 12.1 Å². The average Bonchev–Trinajstić information content (AvgIpc) is 2.48. The van der Waals surface area contributed by atoms with Crippen molar-refractivity contribution in [3.05, 3.63) is 28.0 Å². The van der Waals surface area contributed by atoms with Crippen molar-refractivity contribution in [3.63, 3.8) is 0 Å². The van der Waals surface area contributed by atoms with Crippen LogP contribution in [0.1, 0.15) is 5.69 Å². The monoisotopic (exact) mass is 167 g/mol. The molecular formula is C6H5N3O3. The van der Waals surface area contributed by atoms with Gasteiger partial charge in [-0.05, 0) is 17.1 Å². The second-order valence-electron chi connectivity index (χ2n) is 1.93. The van der Waals surface area contributed by atoms with Crippen molar-refractivity contribution < 1.29 is 9.72 Å². The lowest BCUT2D eigenvalue weighted by atomic mass is 10.4. The molecule has 0 radical (unpaired) electrons. The van der Waals surface area contributed by atoms with Crippen molar-refractivity contribution in [1.82, 2.24) is 10.2 Å². The first-order valence-electron chi connectivity index (χ1n) is 3.05. The van der Waals surface area contributed by atoms with E-state index in [2.05, 4.69) is 10.2 Å². The molecule has 0 aliphatic rings. The molecule has 62 valence electrons. The Labute approximate surface area is 67.0 Å². The van der Waals surface area contributed by atoms with Crippen molar-refractivity contribution in [2.45, 2.75) is 0 Å². The molecule has 0 bridgehead atoms. The van der Waals surface area contributed by atoms with Crippen LogP contribution >= 0.6 is 0 Å². The average molecular weight is 167 g/mol. The van der Waals surface area contributed by atoms with Crippen LogP contribution in [-0.4, -0.2) is 21.4 Å². The molecule has 0 aliphatic carbocycles. The summed E-state index contributed by atoms with van der Waals surface area (Å²) in [7, 11) is 0. The second-order valence-corrected chi connectivity index (χ2v) is 1.93. The molecule has 1 aromatic rings. The molecule has 6 heteroatoms. The number of nitro groups is 1. The van der Waals surface area contributed by atoms with Crippen LogP contribution in [0.25, 0.3) is 6.08 Å². The zero-order chi connectivity index (χ0) is 8.97. The van der Waals surface area contributed by atoms with Crippen LogP contribution in [0.4, 0.5) is 5.82 Å². The molecule has 1 N–H and O–H groups in total. The zero-order valence-electron chi connectivity index (χ0n) is 5.93. The zero-order valence-corrected chi connectivity index (χ0v) is 5.93. The molecule has 0 atom stereocenters. The Hall–Kier alpha value is -1.98. The van der Waals surface area contributed by atoms with Gasteiger partial charge < -0.3 is 10.1 Å². The maximum Gasteiger partial charge on any atom is 0.343 e. The predicted octanol–water partition coefficient (Wildman–Crippen LogP) is 0.530. The molecule has 0 aromatic carbocycles. The highest BCUT2D eigenvalue weighted by molar-refractivity contribution is 5.73. The first-order chi connectivity index (χ1) is 5.74. The number of nitrogens with one attached hydrogen (secondary N) is 1. The van der Waals surface area contributed by atoms with Crippen LogP contribution in [0, 0.1) is 10.1 Å². The van der Waals surface area contributed by atoms with E-state index >= 15 is 0 Å². The minimum atomic E-state index is -0.592. The Morgan fingerprint density at radius 2 is 2.42 bits per heavy atom. The highest BCUT2D eigenvalue weighted by atomic mass is 16.6. The van der Waals surface area contributed by atoms with Crippen LogP contribution in [0.5, 0.6) is 0 Å². The summed E-state index contributed by atoms with van der Waals surface area (Å²) in [4.78, 5) is 19.4. The van der Waals surface area contributed by atoms with Crippen LogP contribution < -0.4 is 0 Å². The quantitative estimate of drug-likeness (QED) is 0.307. The highest BCUT2D eigenvalue weighted by Gasteiger charge is 2.06. The number of carbonyl (C=O) groups excluding carboxylic acids is 1. The van der Waals surface area contributed by atoms with Crippen molar-refractivity contribution in [1.29, 1.82) is 0 Å². The van der Waals surface area contributed by atoms with E-state index in [1.165, 1.54) is 18.2 Å². The molecular weight excluding hydrogens is 162 g/mol. The molecule has 1 rings (SSSR count). The van der Waals surface area contributed by atoms with Gasteiger partial charge in [0.2, 0.25) is 0 Å². The molecule has 0 aliphatic heterocycles. The lowest BCUT2D eigenvalue weighted by Gasteiger charge is -1.83. The van der Waals surface area contributed by atoms with Gasteiger partial charge in [0.25, 0.3) is 0 Å². The Morgan fingerprint density at radius 1 is 1.67 bits per heavy atom. The summed E-state index contributed by atoms with van der Waals surface area (Å²) < 4.78 is 0. The summed E-state index contributed by atoms with van der Waals surface area (Å²) in [5, 5.41) is 15.9. The second kappa shape index (κ2) is 3.42. The first kappa shape index (κ1) is 8.12. The minimum Gasteiger partial charge on any atom is -0.358 e. The van der Waals surface area contributed by atoms with Gasteiger partial charge in [-0.3, -0.25) is 4.79 Å². The van der Waals surface area contributed by atoms with E-state index in [1.54, 1.807) is 0 Å². The number of aromatic nitrogens is 2. The van der Waals surface area contributed by atoms with Gasteiger partial charge in [0.1, 0.15) is 12.0 Å². The van der Waals surface area contributed by atoms with E-state index < -0.39 is 4.92 Å². The predicted molar refractivity (Wildman–Crippen MR) is 40.3 cm³/mol. The third-order valence-corrected chi connectivity index (χ3v) is 1.13. The Bertz CT molecular complexity index is 329. The van der Waals surface area contributed by atoms with E-state index in [1.807, 2.05) is 0 Å². The van der Waals surface area contributed by atoms with Gasteiger partial charge in [0.05, 0.1) is 6.07 Å². The van der Waals surface area contributed by atoms with Gasteiger partial charge in [-0.1, -0.05) is 5.10 Å². The first-order valence-corrected chi connectivity index (χ1v) is 3.05. The summed E-state index contributed by atoms with van der Waals surface area (Å²) >= 11 is 0. The molecule has 0 saturated carbocycles. The number of allylic oxidation sites excluding steroid dienone is 1. The van der Waals surface area contributed by atoms with E-state index in [4.69, 9.17) is 0 Å². The lowest BCUT2D eigenvalue weighted by Crippen LogP contribution is -1.86. The molecule has 0 fully saturated rings. The molecule has 0 spiro atoms. The molecule has 0 saturated heterocycles.